The molecule has 1 aliphatic heterocycles. The second-order valence-corrected chi connectivity index (χ2v) is 4.30. The summed E-state index contributed by atoms with van der Waals surface area (Å²) in [7, 11) is 1.79. The van der Waals surface area contributed by atoms with E-state index >= 15 is 0 Å². The van der Waals surface area contributed by atoms with Gasteiger partial charge in [-0.25, -0.2) is 0 Å². The van der Waals surface area contributed by atoms with E-state index in [4.69, 9.17) is 4.74 Å². The summed E-state index contributed by atoms with van der Waals surface area (Å²) in [4.78, 5) is 0. The van der Waals surface area contributed by atoms with Crippen molar-refractivity contribution in [3.05, 3.63) is 23.5 Å². The molecular formula is C12H19NO. The molecule has 0 unspecified atom stereocenters. The fraction of sp³-hybridized carbons (Fsp3) is 0.667. The lowest BCUT2D eigenvalue weighted by molar-refractivity contribution is 0.176. The maximum atomic E-state index is 5.50. The van der Waals surface area contributed by atoms with E-state index in [1.165, 1.54) is 18.6 Å². The van der Waals surface area contributed by atoms with Crippen LogP contribution in [0.4, 0.5) is 0 Å². The second kappa shape index (κ2) is 3.77. The zero-order valence-electron chi connectivity index (χ0n) is 9.10. The first-order valence-electron chi connectivity index (χ1n) is 5.46. The van der Waals surface area contributed by atoms with Crippen LogP contribution in [-0.4, -0.2) is 20.2 Å². The maximum Gasteiger partial charge on any atom is 0.103 e. The van der Waals surface area contributed by atoms with Crippen molar-refractivity contribution in [1.29, 1.82) is 0 Å². The first-order valence-corrected chi connectivity index (χ1v) is 5.46. The summed E-state index contributed by atoms with van der Waals surface area (Å²) in [6, 6.07) is 0. The van der Waals surface area contributed by atoms with Gasteiger partial charge < -0.3 is 10.1 Å². The highest BCUT2D eigenvalue weighted by molar-refractivity contribution is 5.29. The van der Waals surface area contributed by atoms with Crippen LogP contribution in [0.25, 0.3) is 0 Å². The summed E-state index contributed by atoms with van der Waals surface area (Å²) in [5.74, 6) is 1.17. The Kier molecular flexibility index (Phi) is 2.64. The van der Waals surface area contributed by atoms with Crippen LogP contribution < -0.4 is 5.32 Å². The Hall–Kier alpha value is -0.760. The number of hydrogen-bond acceptors (Lipinski definition) is 2. The molecule has 0 amide bonds. The van der Waals surface area contributed by atoms with Gasteiger partial charge >= 0.3 is 0 Å². The Morgan fingerprint density at radius 2 is 2.36 bits per heavy atom. The quantitative estimate of drug-likeness (QED) is 0.726. The van der Waals surface area contributed by atoms with Crippen molar-refractivity contribution in [3.63, 3.8) is 0 Å². The van der Waals surface area contributed by atoms with Crippen molar-refractivity contribution in [1.82, 2.24) is 5.32 Å². The molecule has 0 bridgehead atoms. The average Bonchev–Trinajstić information content (AvgIpc) is 2.67. The standard InChI is InChI=1S/C12H19NO/c1-3-10-4-5-11(14-2)12(8-10)6-7-13-9-12/h4-5,13H,3,6-9H2,1-2H3/t12-/m0/s1. The Morgan fingerprint density at radius 3 is 2.93 bits per heavy atom. The topological polar surface area (TPSA) is 21.3 Å². The van der Waals surface area contributed by atoms with Crippen LogP contribution in [0.5, 0.6) is 0 Å². The SMILES string of the molecule is CCC1=CC=C(OC)[C@@]2(CCNC2)C1. The number of nitrogens with one attached hydrogen (secondary N) is 1. The zero-order valence-corrected chi connectivity index (χ0v) is 9.10. The summed E-state index contributed by atoms with van der Waals surface area (Å²) in [6.45, 7) is 4.43. The van der Waals surface area contributed by atoms with Crippen molar-refractivity contribution in [2.75, 3.05) is 20.2 Å². The van der Waals surface area contributed by atoms with Gasteiger partial charge in [-0.15, -0.1) is 0 Å². The minimum atomic E-state index is 0.273. The zero-order chi connectivity index (χ0) is 10.0. The van der Waals surface area contributed by atoms with Crippen molar-refractivity contribution < 1.29 is 4.74 Å². The third-order valence-corrected chi connectivity index (χ3v) is 3.48. The van der Waals surface area contributed by atoms with Gasteiger partial charge in [-0.3, -0.25) is 0 Å². The number of methoxy groups -OCH3 is 1. The number of allylic oxidation sites excluding steroid dienone is 3. The molecule has 1 atom stereocenters. The smallest absolute Gasteiger partial charge is 0.103 e. The van der Waals surface area contributed by atoms with E-state index < -0.39 is 0 Å². The molecule has 1 heterocycles. The minimum absolute atomic E-state index is 0.273. The summed E-state index contributed by atoms with van der Waals surface area (Å²) in [5.41, 5.74) is 1.82. The molecule has 78 valence electrons. The summed E-state index contributed by atoms with van der Waals surface area (Å²) < 4.78 is 5.50. The van der Waals surface area contributed by atoms with Crippen LogP contribution in [0.1, 0.15) is 26.2 Å². The van der Waals surface area contributed by atoms with E-state index in [9.17, 15) is 0 Å². The Balaban J connectivity index is 2.25. The van der Waals surface area contributed by atoms with Crippen molar-refractivity contribution in [3.8, 4) is 0 Å². The molecule has 0 radical (unpaired) electrons. The molecule has 1 fully saturated rings. The Labute approximate surface area is 86.0 Å². The summed E-state index contributed by atoms with van der Waals surface area (Å²) in [5, 5.41) is 3.44. The molecule has 0 aromatic carbocycles. The first kappa shape index (κ1) is 9.78. The van der Waals surface area contributed by atoms with Crippen LogP contribution in [0.3, 0.4) is 0 Å². The molecule has 2 nitrogen and oxygen atoms in total. The van der Waals surface area contributed by atoms with Crippen LogP contribution in [0, 0.1) is 5.41 Å². The van der Waals surface area contributed by atoms with Gasteiger partial charge in [0.1, 0.15) is 5.76 Å². The van der Waals surface area contributed by atoms with Crippen molar-refractivity contribution in [2.24, 2.45) is 5.41 Å². The number of rotatable bonds is 2. The first-order chi connectivity index (χ1) is 6.80. The molecule has 1 N–H and O–H groups in total. The Morgan fingerprint density at radius 1 is 1.50 bits per heavy atom. The molecule has 2 rings (SSSR count). The average molecular weight is 193 g/mol. The molecule has 2 aliphatic rings. The largest absolute Gasteiger partial charge is 0.500 e. The van der Waals surface area contributed by atoms with Crippen LogP contribution in [0.2, 0.25) is 0 Å². The highest BCUT2D eigenvalue weighted by Gasteiger charge is 2.40. The van der Waals surface area contributed by atoms with Crippen LogP contribution in [-0.2, 0) is 4.74 Å². The number of hydrogen-bond donors (Lipinski definition) is 1. The number of ether oxygens (including phenoxy) is 1. The molecule has 1 aliphatic carbocycles. The molecule has 2 heteroatoms. The van der Waals surface area contributed by atoms with E-state index in [1.54, 1.807) is 12.7 Å². The highest BCUT2D eigenvalue weighted by atomic mass is 16.5. The molecule has 14 heavy (non-hydrogen) atoms. The van der Waals surface area contributed by atoms with E-state index in [2.05, 4.69) is 24.4 Å². The van der Waals surface area contributed by atoms with E-state index in [1.807, 2.05) is 0 Å². The third kappa shape index (κ3) is 1.48. The summed E-state index contributed by atoms with van der Waals surface area (Å²) in [6.07, 6.45) is 7.94. The molecule has 1 spiro atoms. The molecule has 0 aromatic heterocycles. The van der Waals surface area contributed by atoms with Crippen LogP contribution >= 0.6 is 0 Å². The van der Waals surface area contributed by atoms with Gasteiger partial charge in [0, 0.05) is 12.0 Å². The monoisotopic (exact) mass is 193 g/mol. The second-order valence-electron chi connectivity index (χ2n) is 4.30. The van der Waals surface area contributed by atoms with Gasteiger partial charge in [-0.1, -0.05) is 18.6 Å². The predicted octanol–water partition coefficient (Wildman–Crippen LogP) is 2.24. The maximum absolute atomic E-state index is 5.50. The normalized spacial score (nSPS) is 31.6. The fourth-order valence-electron chi connectivity index (χ4n) is 2.58. The lowest BCUT2D eigenvalue weighted by Gasteiger charge is -2.33. The van der Waals surface area contributed by atoms with E-state index in [0.29, 0.717) is 0 Å². The molecule has 1 saturated heterocycles. The van der Waals surface area contributed by atoms with Gasteiger partial charge in [0.05, 0.1) is 7.11 Å². The van der Waals surface area contributed by atoms with Gasteiger partial charge in [0.25, 0.3) is 0 Å². The van der Waals surface area contributed by atoms with Gasteiger partial charge in [-0.2, -0.15) is 0 Å². The molecule has 0 saturated carbocycles. The summed E-state index contributed by atoms with van der Waals surface area (Å²) >= 11 is 0. The third-order valence-electron chi connectivity index (χ3n) is 3.48. The van der Waals surface area contributed by atoms with Crippen molar-refractivity contribution >= 4 is 0 Å². The van der Waals surface area contributed by atoms with Gasteiger partial charge in [0.15, 0.2) is 0 Å². The lowest BCUT2D eigenvalue weighted by atomic mass is 9.75. The van der Waals surface area contributed by atoms with Gasteiger partial charge in [0.2, 0.25) is 0 Å². The highest BCUT2D eigenvalue weighted by Crippen LogP contribution is 2.43. The molecule has 0 aromatic rings. The Bertz CT molecular complexity index is 272. The van der Waals surface area contributed by atoms with E-state index in [-0.39, 0.29) is 5.41 Å². The fourth-order valence-corrected chi connectivity index (χ4v) is 2.58. The van der Waals surface area contributed by atoms with Crippen molar-refractivity contribution in [2.45, 2.75) is 26.2 Å². The van der Waals surface area contributed by atoms with Gasteiger partial charge in [-0.05, 0) is 31.9 Å². The van der Waals surface area contributed by atoms with Crippen LogP contribution in [0.15, 0.2) is 23.5 Å². The predicted molar refractivity (Wildman–Crippen MR) is 58.0 cm³/mol. The molecular weight excluding hydrogens is 174 g/mol. The van der Waals surface area contributed by atoms with E-state index in [0.717, 1.165) is 19.5 Å². The lowest BCUT2D eigenvalue weighted by Crippen LogP contribution is -2.29. The minimum Gasteiger partial charge on any atom is -0.500 e.